The first kappa shape index (κ1) is 32.0. The lowest BCUT2D eigenvalue weighted by Gasteiger charge is -2.41. The second-order valence-electron chi connectivity index (χ2n) is 13.1. The largest absolute Gasteiger partial charge is 0.379 e. The molecule has 0 saturated carbocycles. The molecule has 14 heteroatoms. The van der Waals surface area contributed by atoms with Gasteiger partial charge >= 0.3 is 0 Å². The Morgan fingerprint density at radius 2 is 1.78 bits per heavy atom. The van der Waals surface area contributed by atoms with Crippen LogP contribution >= 0.6 is 0 Å². The molecule has 0 spiro atoms. The number of piperidine rings is 1. The summed E-state index contributed by atoms with van der Waals surface area (Å²) in [5.41, 5.74) is 3.49. The van der Waals surface area contributed by atoms with Crippen molar-refractivity contribution in [1.82, 2.24) is 30.1 Å². The van der Waals surface area contributed by atoms with Gasteiger partial charge in [-0.2, -0.15) is 0 Å². The Kier molecular flexibility index (Phi) is 8.13. The monoisotopic (exact) mass is 687 g/mol. The average Bonchev–Trinajstić information content (AvgIpc) is 3.85. The van der Waals surface area contributed by atoms with Crippen molar-refractivity contribution in [1.29, 1.82) is 5.41 Å². The van der Waals surface area contributed by atoms with Gasteiger partial charge in [0, 0.05) is 31.7 Å². The third kappa shape index (κ3) is 6.13. The van der Waals surface area contributed by atoms with E-state index in [9.17, 15) is 23.6 Å². The molecule has 1 unspecified atom stereocenters. The summed E-state index contributed by atoms with van der Waals surface area (Å²) in [5, 5.41) is 14.3. The van der Waals surface area contributed by atoms with Gasteiger partial charge < -0.3 is 20.1 Å². The number of amides is 4. The molecular weight excluding hydrogens is 653 g/mol. The van der Waals surface area contributed by atoms with Crippen LogP contribution in [0.5, 0.6) is 0 Å². The second-order valence-corrected chi connectivity index (χ2v) is 13.1. The van der Waals surface area contributed by atoms with Gasteiger partial charge in [0.2, 0.25) is 11.8 Å². The molecule has 51 heavy (non-hydrogen) atoms. The van der Waals surface area contributed by atoms with E-state index in [2.05, 4.69) is 25.5 Å². The summed E-state index contributed by atoms with van der Waals surface area (Å²) in [6, 6.07) is 16.4. The third-order valence-electron chi connectivity index (χ3n) is 9.82. The van der Waals surface area contributed by atoms with Gasteiger partial charge in [0.15, 0.2) is 0 Å². The molecule has 13 nitrogen and oxygen atoms in total. The van der Waals surface area contributed by atoms with Gasteiger partial charge in [0.25, 0.3) is 11.8 Å². The fourth-order valence-corrected chi connectivity index (χ4v) is 7.22. The fraction of sp³-hybridized carbons (Fsp3) is 0.270. The van der Waals surface area contributed by atoms with Gasteiger partial charge in [-0.25, -0.2) is 14.4 Å². The van der Waals surface area contributed by atoms with Crippen LogP contribution in [0.1, 0.15) is 63.8 Å². The summed E-state index contributed by atoms with van der Waals surface area (Å²) in [6.45, 7) is 2.06. The lowest BCUT2D eigenvalue weighted by atomic mass is 10.0. The number of imidazole rings is 1. The molecule has 8 rings (SSSR count). The number of hydrogen-bond acceptors (Lipinski definition) is 9. The van der Waals surface area contributed by atoms with Crippen LogP contribution in [0, 0.1) is 11.2 Å². The van der Waals surface area contributed by atoms with Crippen molar-refractivity contribution in [2.24, 2.45) is 0 Å². The number of pyridine rings is 1. The minimum Gasteiger partial charge on any atom is -0.379 e. The SMILES string of the molecule is N=C(/C=C\c1ncc(-c2cccc(N3CC(Nc4ccc5c(c4)C(=O)N(C4CCC(=O)NC4=O)C5=O)C3)n2)[nH]1)N1CCC[C@@H]1c1cccc(F)c1. The van der Waals surface area contributed by atoms with E-state index in [-0.39, 0.29) is 41.9 Å². The van der Waals surface area contributed by atoms with Crippen LogP contribution in [-0.4, -0.2) is 85.9 Å². The maximum Gasteiger partial charge on any atom is 0.262 e. The summed E-state index contributed by atoms with van der Waals surface area (Å²) < 4.78 is 13.8. The molecular formula is C37H34FN9O4. The number of aromatic nitrogens is 3. The molecule has 0 radical (unpaired) electrons. The summed E-state index contributed by atoms with van der Waals surface area (Å²) in [7, 11) is 0. The van der Waals surface area contributed by atoms with Crippen LogP contribution in [0.2, 0.25) is 0 Å². The van der Waals surface area contributed by atoms with Crippen molar-refractivity contribution in [3.05, 3.63) is 101 Å². The molecule has 4 amide bonds. The van der Waals surface area contributed by atoms with Gasteiger partial charge in [-0.3, -0.25) is 34.8 Å². The maximum absolute atomic E-state index is 13.8. The molecule has 4 aliphatic rings. The number of halogens is 1. The number of amidine groups is 1. The number of H-pyrrole nitrogens is 1. The van der Waals surface area contributed by atoms with Gasteiger partial charge in [-0.1, -0.05) is 18.2 Å². The highest BCUT2D eigenvalue weighted by atomic mass is 19.1. The van der Waals surface area contributed by atoms with Crippen molar-refractivity contribution in [3.8, 4) is 11.4 Å². The number of anilines is 2. The number of benzene rings is 2. The number of nitrogens with zero attached hydrogens (tertiary/aromatic N) is 5. The molecule has 2 aromatic carbocycles. The third-order valence-corrected chi connectivity index (χ3v) is 9.82. The minimum absolute atomic E-state index is 0.0330. The predicted octanol–water partition coefficient (Wildman–Crippen LogP) is 4.14. The number of likely N-dealkylation sites (tertiary alicyclic amines) is 1. The Morgan fingerprint density at radius 3 is 2.61 bits per heavy atom. The zero-order chi connectivity index (χ0) is 35.2. The zero-order valence-corrected chi connectivity index (χ0v) is 27.4. The van der Waals surface area contributed by atoms with Crippen LogP contribution in [0.15, 0.2) is 72.9 Å². The van der Waals surface area contributed by atoms with Crippen LogP contribution in [-0.2, 0) is 9.59 Å². The van der Waals surface area contributed by atoms with E-state index < -0.39 is 29.7 Å². The van der Waals surface area contributed by atoms with Gasteiger partial charge in [0.1, 0.15) is 29.3 Å². The molecule has 0 aliphatic carbocycles. The lowest BCUT2D eigenvalue weighted by molar-refractivity contribution is -0.136. The van der Waals surface area contributed by atoms with Gasteiger partial charge in [0.05, 0.1) is 40.8 Å². The van der Waals surface area contributed by atoms with E-state index in [0.29, 0.717) is 30.4 Å². The standard InChI is InChI=1S/C37H34FN9O4/c38-22-5-1-4-21(16-22)29-7-3-15-46(29)31(39)12-13-32-40-18-28(42-32)27-6-2-8-33(43-27)45-19-24(20-45)41-23-9-10-25-26(17-23)37(51)47(36(25)50)30-11-14-34(48)44-35(30)49/h1-2,4-6,8-10,12-13,16-18,24,29-30,39,41H,3,7,11,14-15,19-20H2,(H,40,42)(H,44,48,49)/b13-12-,39-31?/t29-,30?/m1/s1. The summed E-state index contributed by atoms with van der Waals surface area (Å²) in [4.78, 5) is 67.8. The number of carbonyl (C=O) groups excluding carboxylic acids is 4. The molecule has 3 saturated heterocycles. The summed E-state index contributed by atoms with van der Waals surface area (Å²) in [5.74, 6) is -0.666. The van der Waals surface area contributed by atoms with E-state index in [1.165, 1.54) is 6.07 Å². The number of rotatable bonds is 8. The Morgan fingerprint density at radius 1 is 0.961 bits per heavy atom. The van der Waals surface area contributed by atoms with E-state index >= 15 is 0 Å². The van der Waals surface area contributed by atoms with Gasteiger partial charge in [-0.15, -0.1) is 0 Å². The molecule has 3 fully saturated rings. The molecule has 6 heterocycles. The lowest BCUT2D eigenvalue weighted by Crippen LogP contribution is -2.55. The first-order chi connectivity index (χ1) is 24.7. The van der Waals surface area contributed by atoms with Crippen molar-refractivity contribution in [2.45, 2.75) is 43.8 Å². The molecule has 0 bridgehead atoms. The van der Waals surface area contributed by atoms with E-state index in [4.69, 9.17) is 10.4 Å². The fourth-order valence-electron chi connectivity index (χ4n) is 7.22. The highest BCUT2D eigenvalue weighted by molar-refractivity contribution is 6.23. The number of aromatic amines is 1. The Balaban J connectivity index is 0.874. The number of hydrogen-bond donors (Lipinski definition) is 4. The Labute approximate surface area is 292 Å². The van der Waals surface area contributed by atoms with E-state index in [0.717, 1.165) is 47.1 Å². The maximum atomic E-state index is 13.8. The molecule has 2 aromatic heterocycles. The quantitative estimate of drug-likeness (QED) is 0.121. The van der Waals surface area contributed by atoms with Crippen molar-refractivity contribution in [2.75, 3.05) is 29.9 Å². The molecule has 4 N–H and O–H groups in total. The Hall–Kier alpha value is -6.18. The smallest absolute Gasteiger partial charge is 0.262 e. The van der Waals surface area contributed by atoms with Crippen molar-refractivity contribution >= 4 is 47.0 Å². The normalized spacial score (nSPS) is 20.6. The summed E-state index contributed by atoms with van der Waals surface area (Å²) in [6.07, 6.45) is 7.16. The highest BCUT2D eigenvalue weighted by Gasteiger charge is 2.44. The highest BCUT2D eigenvalue weighted by Crippen LogP contribution is 2.33. The number of imide groups is 2. The number of fused-ring (bicyclic) bond motifs is 1. The van der Waals surface area contributed by atoms with Crippen molar-refractivity contribution < 1.29 is 23.6 Å². The van der Waals surface area contributed by atoms with Crippen molar-refractivity contribution in [3.63, 3.8) is 0 Å². The van der Waals surface area contributed by atoms with Crippen LogP contribution in [0.4, 0.5) is 15.9 Å². The van der Waals surface area contributed by atoms with Gasteiger partial charge in [-0.05, 0) is 79.4 Å². The van der Waals surface area contributed by atoms with Crippen LogP contribution in [0.3, 0.4) is 0 Å². The molecule has 4 aromatic rings. The number of carbonyl (C=O) groups is 4. The summed E-state index contributed by atoms with van der Waals surface area (Å²) >= 11 is 0. The molecule has 2 atom stereocenters. The zero-order valence-electron chi connectivity index (χ0n) is 27.4. The minimum atomic E-state index is -1.00. The molecule has 258 valence electrons. The Bertz CT molecular complexity index is 2120. The molecule has 4 aliphatic heterocycles. The average molecular weight is 688 g/mol. The topological polar surface area (TPSA) is 167 Å². The predicted molar refractivity (Wildman–Crippen MR) is 186 cm³/mol. The van der Waals surface area contributed by atoms with E-state index in [1.54, 1.807) is 48.7 Å². The van der Waals surface area contributed by atoms with Crippen LogP contribution < -0.4 is 15.5 Å². The van der Waals surface area contributed by atoms with E-state index in [1.807, 2.05) is 29.2 Å². The van der Waals surface area contributed by atoms with Crippen LogP contribution in [0.25, 0.3) is 17.5 Å². The number of nitrogens with one attached hydrogen (secondary N) is 4. The second kappa shape index (κ2) is 12.9. The first-order valence-electron chi connectivity index (χ1n) is 16.9. The first-order valence-corrected chi connectivity index (χ1v) is 16.9.